The van der Waals surface area contributed by atoms with Crippen LogP contribution in [-0.2, 0) is 9.59 Å². The lowest BCUT2D eigenvalue weighted by molar-refractivity contribution is -0.134. The average Bonchev–Trinajstić information content (AvgIpc) is 2.74. The molecule has 1 heterocycles. The molecule has 2 aliphatic rings. The quantitative estimate of drug-likeness (QED) is 0.825. The summed E-state index contributed by atoms with van der Waals surface area (Å²) >= 11 is 0. The van der Waals surface area contributed by atoms with Crippen LogP contribution in [0.25, 0.3) is 0 Å². The number of hydrogen-bond donors (Lipinski definition) is 2. The van der Waals surface area contributed by atoms with Crippen molar-refractivity contribution in [3.8, 4) is 0 Å². The van der Waals surface area contributed by atoms with Gasteiger partial charge in [0.05, 0.1) is 0 Å². The number of nitrogens with zero attached hydrogens (tertiary/aromatic N) is 1. The second-order valence-electron chi connectivity index (χ2n) is 6.83. The largest absolute Gasteiger partial charge is 0.325 e. The lowest BCUT2D eigenvalue weighted by Gasteiger charge is -2.24. The Kier molecular flexibility index (Phi) is 4.74. The van der Waals surface area contributed by atoms with Crippen molar-refractivity contribution in [2.45, 2.75) is 51.0 Å². The van der Waals surface area contributed by atoms with Crippen LogP contribution in [0.5, 0.6) is 0 Å². The first kappa shape index (κ1) is 17.4. The van der Waals surface area contributed by atoms with E-state index in [9.17, 15) is 18.8 Å². The Morgan fingerprint density at radius 1 is 1.24 bits per heavy atom. The van der Waals surface area contributed by atoms with Gasteiger partial charge in [0.15, 0.2) is 0 Å². The van der Waals surface area contributed by atoms with Crippen molar-refractivity contribution in [2.75, 3.05) is 11.9 Å². The van der Waals surface area contributed by atoms with E-state index in [2.05, 4.69) is 10.6 Å². The Bertz CT molecular complexity index is 712. The Balaban J connectivity index is 1.69. The highest BCUT2D eigenvalue weighted by Crippen LogP contribution is 2.32. The molecule has 2 N–H and O–H groups in total. The van der Waals surface area contributed by atoms with E-state index in [1.54, 1.807) is 13.0 Å². The predicted molar refractivity (Wildman–Crippen MR) is 90.4 cm³/mol. The first-order valence-corrected chi connectivity index (χ1v) is 8.61. The van der Waals surface area contributed by atoms with Crippen molar-refractivity contribution >= 4 is 23.5 Å². The zero-order valence-corrected chi connectivity index (χ0v) is 14.2. The molecule has 1 aliphatic heterocycles. The summed E-state index contributed by atoms with van der Waals surface area (Å²) < 4.78 is 13.3. The number of carbonyl (C=O) groups is 3. The number of halogens is 1. The number of anilines is 1. The average molecular weight is 347 g/mol. The molecular weight excluding hydrogens is 325 g/mol. The predicted octanol–water partition coefficient (Wildman–Crippen LogP) is 2.72. The minimum absolute atomic E-state index is 0.328. The van der Waals surface area contributed by atoms with Gasteiger partial charge in [-0.3, -0.25) is 14.5 Å². The highest BCUT2D eigenvalue weighted by Gasteiger charge is 2.51. The van der Waals surface area contributed by atoms with Gasteiger partial charge in [-0.1, -0.05) is 31.7 Å². The SMILES string of the molecule is Cc1ccc(F)cc1NC(=O)CN1C(=O)NC2(CCCCCC2)C1=O. The molecular formula is C18H22FN3O3. The molecule has 1 spiro atoms. The molecule has 0 bridgehead atoms. The number of rotatable bonds is 3. The first-order valence-electron chi connectivity index (χ1n) is 8.61. The number of imide groups is 1. The molecule has 0 unspecified atom stereocenters. The molecule has 2 fully saturated rings. The van der Waals surface area contributed by atoms with Gasteiger partial charge in [-0.2, -0.15) is 0 Å². The second-order valence-corrected chi connectivity index (χ2v) is 6.83. The number of carbonyl (C=O) groups excluding carboxylic acids is 3. The highest BCUT2D eigenvalue weighted by atomic mass is 19.1. The van der Waals surface area contributed by atoms with E-state index in [0.29, 0.717) is 24.1 Å². The van der Waals surface area contributed by atoms with Gasteiger partial charge in [0.2, 0.25) is 5.91 Å². The summed E-state index contributed by atoms with van der Waals surface area (Å²) in [7, 11) is 0. The summed E-state index contributed by atoms with van der Waals surface area (Å²) in [6.07, 6.45) is 5.08. The maximum absolute atomic E-state index is 13.3. The van der Waals surface area contributed by atoms with Crippen molar-refractivity contribution in [3.63, 3.8) is 0 Å². The standard InChI is InChI=1S/C18H22FN3O3/c1-12-6-7-13(19)10-14(12)20-15(23)11-22-16(24)18(21-17(22)25)8-4-2-3-5-9-18/h6-7,10H,2-5,8-9,11H2,1H3,(H,20,23)(H,21,25). The van der Waals surface area contributed by atoms with E-state index in [1.807, 2.05) is 0 Å². The summed E-state index contributed by atoms with van der Waals surface area (Å²) in [6, 6.07) is 3.54. The van der Waals surface area contributed by atoms with Gasteiger partial charge < -0.3 is 10.6 Å². The molecule has 0 radical (unpaired) electrons. The van der Waals surface area contributed by atoms with Crippen LogP contribution in [0.2, 0.25) is 0 Å². The fraction of sp³-hybridized carbons (Fsp3) is 0.500. The number of benzene rings is 1. The number of urea groups is 1. The van der Waals surface area contributed by atoms with Crippen molar-refractivity contribution in [2.24, 2.45) is 0 Å². The zero-order valence-electron chi connectivity index (χ0n) is 14.2. The lowest BCUT2D eigenvalue weighted by atomic mass is 9.90. The van der Waals surface area contributed by atoms with Gasteiger partial charge in [0, 0.05) is 5.69 Å². The summed E-state index contributed by atoms with van der Waals surface area (Å²) in [5.41, 5.74) is 0.177. The lowest BCUT2D eigenvalue weighted by Crippen LogP contribution is -2.47. The third kappa shape index (κ3) is 3.50. The maximum Gasteiger partial charge on any atom is 0.325 e. The molecule has 1 saturated carbocycles. The summed E-state index contributed by atoms with van der Waals surface area (Å²) in [6.45, 7) is 1.37. The first-order chi connectivity index (χ1) is 11.9. The van der Waals surface area contributed by atoms with Gasteiger partial charge in [0.1, 0.15) is 17.9 Å². The van der Waals surface area contributed by atoms with E-state index in [1.165, 1.54) is 12.1 Å². The molecule has 4 amide bonds. The molecule has 134 valence electrons. The molecule has 0 atom stereocenters. The number of aryl methyl sites for hydroxylation is 1. The molecule has 7 heteroatoms. The number of hydrogen-bond acceptors (Lipinski definition) is 3. The normalized spacial score (nSPS) is 19.7. The monoisotopic (exact) mass is 347 g/mol. The van der Waals surface area contributed by atoms with Crippen LogP contribution in [0.1, 0.15) is 44.1 Å². The third-order valence-electron chi connectivity index (χ3n) is 4.98. The molecule has 6 nitrogen and oxygen atoms in total. The summed E-state index contributed by atoms with van der Waals surface area (Å²) in [5.74, 6) is -1.32. The molecule has 1 aromatic carbocycles. The fourth-order valence-corrected chi connectivity index (χ4v) is 3.55. The Morgan fingerprint density at radius 3 is 2.60 bits per heavy atom. The van der Waals surface area contributed by atoms with Gasteiger partial charge in [0.25, 0.3) is 5.91 Å². The van der Waals surface area contributed by atoms with E-state index < -0.39 is 23.3 Å². The molecule has 1 aromatic rings. The van der Waals surface area contributed by atoms with Crippen molar-refractivity contribution in [1.29, 1.82) is 0 Å². The Hall–Kier alpha value is -2.44. The van der Waals surface area contributed by atoms with Gasteiger partial charge in [-0.05, 0) is 37.5 Å². The Morgan fingerprint density at radius 2 is 1.92 bits per heavy atom. The van der Waals surface area contributed by atoms with Crippen molar-refractivity contribution in [1.82, 2.24) is 10.2 Å². The van der Waals surface area contributed by atoms with Gasteiger partial charge >= 0.3 is 6.03 Å². The molecule has 1 saturated heterocycles. The Labute approximate surface area is 145 Å². The second kappa shape index (κ2) is 6.82. The number of amides is 4. The maximum atomic E-state index is 13.3. The van der Waals surface area contributed by atoms with Crippen LogP contribution in [-0.4, -0.2) is 34.8 Å². The van der Waals surface area contributed by atoms with Gasteiger partial charge in [-0.15, -0.1) is 0 Å². The summed E-state index contributed by atoms with van der Waals surface area (Å²) in [5, 5.41) is 5.37. The summed E-state index contributed by atoms with van der Waals surface area (Å²) in [4.78, 5) is 38.2. The van der Waals surface area contributed by atoms with E-state index >= 15 is 0 Å². The van der Waals surface area contributed by atoms with E-state index in [0.717, 1.165) is 30.6 Å². The zero-order chi connectivity index (χ0) is 18.0. The van der Waals surface area contributed by atoms with E-state index in [-0.39, 0.29) is 12.5 Å². The van der Waals surface area contributed by atoms with Crippen LogP contribution >= 0.6 is 0 Å². The molecule has 25 heavy (non-hydrogen) atoms. The number of nitrogens with one attached hydrogen (secondary N) is 2. The van der Waals surface area contributed by atoms with Crippen LogP contribution in [0.15, 0.2) is 18.2 Å². The molecule has 0 aromatic heterocycles. The van der Waals surface area contributed by atoms with Crippen LogP contribution in [0, 0.1) is 12.7 Å². The van der Waals surface area contributed by atoms with E-state index in [4.69, 9.17) is 0 Å². The fourth-order valence-electron chi connectivity index (χ4n) is 3.55. The minimum Gasteiger partial charge on any atom is -0.324 e. The third-order valence-corrected chi connectivity index (χ3v) is 4.98. The molecule has 3 rings (SSSR count). The smallest absolute Gasteiger partial charge is 0.324 e. The van der Waals surface area contributed by atoms with Gasteiger partial charge in [-0.25, -0.2) is 9.18 Å². The van der Waals surface area contributed by atoms with Crippen molar-refractivity contribution in [3.05, 3.63) is 29.6 Å². The van der Waals surface area contributed by atoms with Crippen LogP contribution < -0.4 is 10.6 Å². The van der Waals surface area contributed by atoms with Crippen molar-refractivity contribution < 1.29 is 18.8 Å². The highest BCUT2D eigenvalue weighted by molar-refractivity contribution is 6.10. The topological polar surface area (TPSA) is 78.5 Å². The van der Waals surface area contributed by atoms with Crippen LogP contribution in [0.3, 0.4) is 0 Å². The molecule has 1 aliphatic carbocycles. The minimum atomic E-state index is -0.858. The van der Waals surface area contributed by atoms with Crippen LogP contribution in [0.4, 0.5) is 14.9 Å².